The van der Waals surface area contributed by atoms with E-state index in [2.05, 4.69) is 41.5 Å². The zero-order valence-electron chi connectivity index (χ0n) is 9.27. The minimum atomic E-state index is 0. The van der Waals surface area contributed by atoms with Gasteiger partial charge in [0, 0.05) is 32.7 Å². The van der Waals surface area contributed by atoms with Crippen molar-refractivity contribution in [1.82, 2.24) is 0 Å². The van der Waals surface area contributed by atoms with Crippen LogP contribution in [0.25, 0.3) is 0 Å². The van der Waals surface area contributed by atoms with Crippen molar-refractivity contribution in [3.63, 3.8) is 0 Å². The van der Waals surface area contributed by atoms with Gasteiger partial charge in [0.2, 0.25) is 0 Å². The first-order chi connectivity index (χ1) is 5.04. The maximum atomic E-state index is 3.73. The topological polar surface area (TPSA) is 0 Å². The molecule has 0 aliphatic heterocycles. The molecule has 0 nitrogen and oxygen atoms in total. The third-order valence-electron chi connectivity index (χ3n) is 1.36. The van der Waals surface area contributed by atoms with Crippen LogP contribution in [0.5, 0.6) is 0 Å². The molecule has 0 atom stereocenters. The van der Waals surface area contributed by atoms with Crippen molar-refractivity contribution in [2.75, 3.05) is 0 Å². The Labute approximate surface area is 105 Å². The molecule has 0 aromatic carbocycles. The van der Waals surface area contributed by atoms with Crippen molar-refractivity contribution in [2.24, 2.45) is 11.8 Å². The largest absolute Gasteiger partial charge is 0.343 e. The summed E-state index contributed by atoms with van der Waals surface area (Å²) >= 11 is 0. The maximum Gasteiger partial charge on any atom is 0 e. The Morgan fingerprint density at radius 1 is 0.917 bits per heavy atom. The van der Waals surface area contributed by atoms with E-state index in [-0.39, 0.29) is 32.7 Å². The third-order valence-corrected chi connectivity index (χ3v) is 1.36. The quantitative estimate of drug-likeness (QED) is 0.656. The molecule has 0 heterocycles. The standard InChI is InChI=1S/C6H13.C5H11.Y/c1-4-5-6(2)3;1-4-5(2)3;/h6H,1,4-5H2,2-3H3;5H,1,4H2,2-3H3;/q2*-1;. The van der Waals surface area contributed by atoms with Gasteiger partial charge in [-0.1, -0.05) is 40.0 Å². The molecule has 1 heteroatoms. The molecule has 0 aliphatic carbocycles. The van der Waals surface area contributed by atoms with Crippen molar-refractivity contribution in [1.29, 1.82) is 0 Å². The van der Waals surface area contributed by atoms with Crippen LogP contribution in [-0.4, -0.2) is 0 Å². The predicted octanol–water partition coefficient (Wildman–Crippen LogP) is 4.12. The summed E-state index contributed by atoms with van der Waals surface area (Å²) in [7, 11) is 0. The minimum Gasteiger partial charge on any atom is -0.343 e. The van der Waals surface area contributed by atoms with Gasteiger partial charge in [-0.2, -0.15) is 12.8 Å². The van der Waals surface area contributed by atoms with Gasteiger partial charge >= 0.3 is 0 Å². The van der Waals surface area contributed by atoms with Gasteiger partial charge in [-0.05, 0) is 5.92 Å². The van der Waals surface area contributed by atoms with Crippen LogP contribution < -0.4 is 0 Å². The van der Waals surface area contributed by atoms with E-state index in [9.17, 15) is 0 Å². The summed E-state index contributed by atoms with van der Waals surface area (Å²) < 4.78 is 0. The zero-order chi connectivity index (χ0) is 9.28. The minimum absolute atomic E-state index is 0. The molecule has 0 fully saturated rings. The van der Waals surface area contributed by atoms with Gasteiger partial charge in [0.15, 0.2) is 0 Å². The fourth-order valence-electron chi connectivity index (χ4n) is 0.408. The first kappa shape index (κ1) is 18.8. The van der Waals surface area contributed by atoms with E-state index in [1.807, 2.05) is 0 Å². The monoisotopic (exact) mass is 245 g/mol. The molecule has 0 saturated carbocycles. The van der Waals surface area contributed by atoms with Crippen LogP contribution >= 0.6 is 0 Å². The van der Waals surface area contributed by atoms with Gasteiger partial charge in [-0.25, -0.2) is 0 Å². The van der Waals surface area contributed by atoms with Gasteiger partial charge in [0.05, 0.1) is 0 Å². The molecule has 0 rings (SSSR count). The molecule has 0 bridgehead atoms. The van der Waals surface area contributed by atoms with Gasteiger partial charge in [-0.3, -0.25) is 0 Å². The smallest absolute Gasteiger partial charge is 0 e. The fourth-order valence-corrected chi connectivity index (χ4v) is 0.408. The molecule has 73 valence electrons. The van der Waals surface area contributed by atoms with Crippen LogP contribution in [0.3, 0.4) is 0 Å². The average Bonchev–Trinajstić information content (AvgIpc) is 1.89. The molecule has 0 saturated heterocycles. The van der Waals surface area contributed by atoms with E-state index >= 15 is 0 Å². The molecule has 0 aliphatic rings. The Balaban J connectivity index is -0.000000126. The van der Waals surface area contributed by atoms with E-state index in [1.54, 1.807) is 0 Å². The van der Waals surface area contributed by atoms with Crippen LogP contribution in [0.2, 0.25) is 0 Å². The second-order valence-electron chi connectivity index (χ2n) is 3.72. The molecule has 0 unspecified atom stereocenters. The Hall–Kier alpha value is 1.10. The summed E-state index contributed by atoms with van der Waals surface area (Å²) in [6.45, 7) is 16.2. The predicted molar refractivity (Wildman–Crippen MR) is 54.2 cm³/mol. The second-order valence-corrected chi connectivity index (χ2v) is 3.72. The van der Waals surface area contributed by atoms with Crippen molar-refractivity contribution in [2.45, 2.75) is 47.0 Å². The summed E-state index contributed by atoms with van der Waals surface area (Å²) in [6.07, 6.45) is 3.40. The van der Waals surface area contributed by atoms with Crippen molar-refractivity contribution in [3.8, 4) is 0 Å². The summed E-state index contributed by atoms with van der Waals surface area (Å²) in [5.41, 5.74) is 0. The normalized spacial score (nSPS) is 9.00. The van der Waals surface area contributed by atoms with Gasteiger partial charge in [0.25, 0.3) is 0 Å². The second kappa shape index (κ2) is 14.6. The van der Waals surface area contributed by atoms with Gasteiger partial charge in [-0.15, -0.1) is 0 Å². The molecular formula is C11H24Y-2. The van der Waals surface area contributed by atoms with Crippen molar-refractivity contribution < 1.29 is 32.7 Å². The first-order valence-corrected chi connectivity index (χ1v) is 4.63. The summed E-state index contributed by atoms with van der Waals surface area (Å²) in [6, 6.07) is 0. The number of hydrogen-bond donors (Lipinski definition) is 0. The summed E-state index contributed by atoms with van der Waals surface area (Å²) in [5.74, 6) is 1.61. The van der Waals surface area contributed by atoms with E-state index in [4.69, 9.17) is 0 Å². The fraction of sp³-hybridized carbons (Fsp3) is 0.818. The molecular weight excluding hydrogens is 221 g/mol. The zero-order valence-corrected chi connectivity index (χ0v) is 12.1. The van der Waals surface area contributed by atoms with E-state index in [1.165, 1.54) is 6.42 Å². The molecule has 0 amide bonds. The Bertz CT molecular complexity index is 58.0. The maximum absolute atomic E-state index is 3.73. The Morgan fingerprint density at radius 2 is 1.25 bits per heavy atom. The summed E-state index contributed by atoms with van der Waals surface area (Å²) in [5, 5.41) is 0. The Kier molecular flexibility index (Phi) is 22.9. The molecule has 0 aromatic heterocycles. The molecule has 12 heavy (non-hydrogen) atoms. The third kappa shape index (κ3) is 30.4. The molecule has 1 radical (unpaired) electrons. The van der Waals surface area contributed by atoms with Crippen LogP contribution in [-0.2, 0) is 32.7 Å². The van der Waals surface area contributed by atoms with Gasteiger partial charge in [0.1, 0.15) is 0 Å². The molecule has 0 aromatic rings. The first-order valence-electron chi connectivity index (χ1n) is 4.63. The SMILES string of the molecule is [CH2-]CC(C)C.[CH2-]CCC(C)C.[Y]. The van der Waals surface area contributed by atoms with Gasteiger partial charge < -0.3 is 13.8 Å². The number of hydrogen-bond acceptors (Lipinski definition) is 0. The van der Waals surface area contributed by atoms with Crippen molar-refractivity contribution in [3.05, 3.63) is 13.8 Å². The molecule has 0 spiro atoms. The van der Waals surface area contributed by atoms with Crippen LogP contribution in [0, 0.1) is 25.7 Å². The van der Waals surface area contributed by atoms with E-state index < -0.39 is 0 Å². The Morgan fingerprint density at radius 3 is 1.25 bits per heavy atom. The van der Waals surface area contributed by atoms with Crippen LogP contribution in [0.1, 0.15) is 47.0 Å². The summed E-state index contributed by atoms with van der Waals surface area (Å²) in [4.78, 5) is 0. The van der Waals surface area contributed by atoms with E-state index in [0.717, 1.165) is 24.7 Å². The van der Waals surface area contributed by atoms with E-state index in [0.29, 0.717) is 0 Å². The van der Waals surface area contributed by atoms with Crippen molar-refractivity contribution >= 4 is 0 Å². The van der Waals surface area contributed by atoms with Crippen LogP contribution in [0.4, 0.5) is 0 Å². The molecule has 0 N–H and O–H groups in total. The number of rotatable bonds is 3. The van der Waals surface area contributed by atoms with Crippen LogP contribution in [0.15, 0.2) is 0 Å². The average molecular weight is 245 g/mol.